The second-order valence-electron chi connectivity index (χ2n) is 5.89. The van der Waals surface area contributed by atoms with Crippen LogP contribution in [-0.4, -0.2) is 16.3 Å². The van der Waals surface area contributed by atoms with E-state index in [0.717, 1.165) is 18.5 Å². The maximum absolute atomic E-state index is 12.0. The zero-order chi connectivity index (χ0) is 17.2. The average molecular weight is 350 g/mol. The number of benzene rings is 1. The number of hydrazone groups is 1. The molecule has 0 aromatic heterocycles. The maximum atomic E-state index is 12.0. The molecule has 0 spiro atoms. The Morgan fingerprint density at radius 2 is 1.79 bits per heavy atom. The van der Waals surface area contributed by atoms with Crippen molar-refractivity contribution in [2.45, 2.75) is 58.3 Å². The Hall–Kier alpha value is -1.73. The second kappa shape index (κ2) is 10.2. The molecule has 0 aliphatic carbocycles. The first-order valence-corrected chi connectivity index (χ1v) is 9.14. The van der Waals surface area contributed by atoms with Crippen LogP contribution in [0.2, 0.25) is 0 Å². The fourth-order valence-electron chi connectivity index (χ4n) is 2.51. The number of anilines is 1. The molecule has 0 fully saturated rings. The number of amidine groups is 1. The molecule has 0 radical (unpaired) electrons. The highest BCUT2D eigenvalue weighted by Gasteiger charge is 2.22. The number of rotatable bonds is 10. The van der Waals surface area contributed by atoms with Gasteiger partial charge in [-0.15, -0.1) is 28.5 Å². The third kappa shape index (κ3) is 6.05. The van der Waals surface area contributed by atoms with Gasteiger partial charge in [-0.1, -0.05) is 63.6 Å². The van der Waals surface area contributed by atoms with Crippen molar-refractivity contribution in [3.8, 4) is 0 Å². The summed E-state index contributed by atoms with van der Waals surface area (Å²) in [5.74, 6) is -0.0455. The summed E-state index contributed by atoms with van der Waals surface area (Å²) in [7, 11) is 0. The van der Waals surface area contributed by atoms with E-state index >= 15 is 0 Å². The summed E-state index contributed by atoms with van der Waals surface area (Å²) >= 11 is 4.33. The quantitative estimate of drug-likeness (QED) is 0.446. The summed E-state index contributed by atoms with van der Waals surface area (Å²) in [5, 5.41) is 7.63. The monoisotopic (exact) mass is 349 g/mol. The summed E-state index contributed by atoms with van der Waals surface area (Å²) in [5.41, 5.74) is 6.59. The summed E-state index contributed by atoms with van der Waals surface area (Å²) < 4.78 is 0. The van der Waals surface area contributed by atoms with Crippen molar-refractivity contribution in [2.75, 3.05) is 5.01 Å². The number of carbonyl (C=O) groups excluding carboxylic acids is 1. The highest BCUT2D eigenvalue weighted by molar-refractivity contribution is 7.97. The third-order valence-electron chi connectivity index (χ3n) is 3.84. The molecule has 1 aromatic carbocycles. The predicted molar refractivity (Wildman–Crippen MR) is 101 cm³/mol. The van der Waals surface area contributed by atoms with E-state index < -0.39 is 0 Å². The van der Waals surface area contributed by atoms with E-state index in [-0.39, 0.29) is 5.91 Å². The van der Waals surface area contributed by atoms with Crippen molar-refractivity contribution in [1.29, 1.82) is 0 Å². The van der Waals surface area contributed by atoms with Gasteiger partial charge in [0.1, 0.15) is 0 Å². The normalized spacial score (nSPS) is 14.0. The Morgan fingerprint density at radius 1 is 1.12 bits per heavy atom. The number of nitrogens with one attached hydrogen (secondary N) is 2. The number of amides is 1. The van der Waals surface area contributed by atoms with Crippen LogP contribution in [0.4, 0.5) is 5.69 Å². The molecule has 2 rings (SSSR count). The molecule has 2 N–H and O–H groups in total. The van der Waals surface area contributed by atoms with E-state index in [2.05, 4.69) is 35.6 Å². The average Bonchev–Trinajstić information content (AvgIpc) is 2.95. The van der Waals surface area contributed by atoms with E-state index in [0.29, 0.717) is 11.6 Å². The van der Waals surface area contributed by atoms with Crippen LogP contribution in [0.3, 0.4) is 0 Å². The third-order valence-corrected chi connectivity index (χ3v) is 4.13. The Kier molecular flexibility index (Phi) is 7.91. The highest BCUT2D eigenvalue weighted by Crippen LogP contribution is 2.16. The minimum atomic E-state index is -0.0455. The number of unbranched alkanes of at least 4 members (excludes halogenated alkanes) is 6. The van der Waals surface area contributed by atoms with Crippen LogP contribution in [0.1, 0.15) is 58.3 Å². The van der Waals surface area contributed by atoms with Crippen LogP contribution < -0.4 is 16.0 Å². The van der Waals surface area contributed by atoms with Crippen molar-refractivity contribution in [3.05, 3.63) is 30.3 Å². The molecule has 0 unspecified atom stereocenters. The standard InChI is InChI=1S/C17H27N5OS/c1-2-3-4-5-6-7-11-14-16(23)18-22-19-17(24)21(20-22)15-12-9-8-10-13-15/h8-10,12-13,20H,2-7,11,14H2,1H3,(H,18,23)(H,19,24). The number of para-hydroxylation sites is 1. The summed E-state index contributed by atoms with van der Waals surface area (Å²) in [6, 6.07) is 9.67. The van der Waals surface area contributed by atoms with Crippen molar-refractivity contribution in [1.82, 2.24) is 16.2 Å². The molecular formula is C17H27N5OS. The molecule has 1 aliphatic rings. The summed E-state index contributed by atoms with van der Waals surface area (Å²) in [4.78, 5) is 12.0. The first-order chi connectivity index (χ1) is 11.7. The molecule has 1 aromatic rings. The van der Waals surface area contributed by atoms with Gasteiger partial charge >= 0.3 is 0 Å². The Balaban J connectivity index is 1.65. The number of carbonyl (C=O) groups is 1. The molecule has 0 saturated heterocycles. The number of thiol groups is 1. The molecule has 1 aliphatic heterocycles. The molecule has 0 saturated carbocycles. The molecule has 1 heterocycles. The summed E-state index contributed by atoms with van der Waals surface area (Å²) in [6.45, 7) is 2.22. The van der Waals surface area contributed by atoms with Crippen LogP contribution in [-0.2, 0) is 4.79 Å². The van der Waals surface area contributed by atoms with Gasteiger partial charge in [0, 0.05) is 6.42 Å². The molecule has 0 bridgehead atoms. The lowest BCUT2D eigenvalue weighted by atomic mass is 10.1. The van der Waals surface area contributed by atoms with Crippen LogP contribution in [0.25, 0.3) is 0 Å². The van der Waals surface area contributed by atoms with E-state index in [4.69, 9.17) is 0 Å². The van der Waals surface area contributed by atoms with E-state index in [9.17, 15) is 4.79 Å². The van der Waals surface area contributed by atoms with Crippen molar-refractivity contribution < 1.29 is 4.79 Å². The number of hydrogen-bond acceptors (Lipinski definition) is 5. The van der Waals surface area contributed by atoms with Gasteiger partial charge in [0.15, 0.2) is 0 Å². The molecule has 7 heteroatoms. The Morgan fingerprint density at radius 3 is 2.50 bits per heavy atom. The SMILES string of the molecule is CCCCCCCCCC(=O)NN1N=C(S)N(c2ccccc2)N1. The fraction of sp³-hybridized carbons (Fsp3) is 0.529. The highest BCUT2D eigenvalue weighted by atomic mass is 32.1. The van der Waals surface area contributed by atoms with Crippen LogP contribution in [0.5, 0.6) is 0 Å². The van der Waals surface area contributed by atoms with Crippen molar-refractivity contribution in [3.63, 3.8) is 0 Å². The zero-order valence-electron chi connectivity index (χ0n) is 14.2. The van der Waals surface area contributed by atoms with Crippen molar-refractivity contribution >= 4 is 29.4 Å². The van der Waals surface area contributed by atoms with Gasteiger partial charge in [0.2, 0.25) is 11.1 Å². The fourth-order valence-corrected chi connectivity index (χ4v) is 2.76. The minimum Gasteiger partial charge on any atom is -0.273 e. The van der Waals surface area contributed by atoms with Gasteiger partial charge in [0.25, 0.3) is 0 Å². The lowest BCUT2D eigenvalue weighted by molar-refractivity contribution is -0.127. The van der Waals surface area contributed by atoms with Gasteiger partial charge < -0.3 is 0 Å². The Labute approximate surface area is 149 Å². The van der Waals surface area contributed by atoms with Gasteiger partial charge in [-0.25, -0.2) is 10.4 Å². The number of hydrazine groups is 3. The molecule has 24 heavy (non-hydrogen) atoms. The first-order valence-electron chi connectivity index (χ1n) is 8.69. The zero-order valence-corrected chi connectivity index (χ0v) is 15.1. The van der Waals surface area contributed by atoms with Gasteiger partial charge in [-0.3, -0.25) is 4.79 Å². The minimum absolute atomic E-state index is 0.0455. The molecule has 0 atom stereocenters. The van der Waals surface area contributed by atoms with Gasteiger partial charge in [-0.2, -0.15) is 0 Å². The molecule has 1 amide bonds. The lowest BCUT2D eigenvalue weighted by Crippen LogP contribution is -2.50. The Bertz CT molecular complexity index is 537. The maximum Gasteiger partial charge on any atom is 0.241 e. The topological polar surface area (TPSA) is 60.0 Å². The molecule has 132 valence electrons. The lowest BCUT2D eigenvalue weighted by Gasteiger charge is -2.20. The van der Waals surface area contributed by atoms with Crippen molar-refractivity contribution in [2.24, 2.45) is 5.10 Å². The largest absolute Gasteiger partial charge is 0.273 e. The molecular weight excluding hydrogens is 322 g/mol. The van der Waals surface area contributed by atoms with Crippen LogP contribution in [0.15, 0.2) is 35.4 Å². The van der Waals surface area contributed by atoms with Gasteiger partial charge in [0.05, 0.1) is 5.69 Å². The van der Waals surface area contributed by atoms with Crippen LogP contribution >= 0.6 is 12.6 Å². The number of hydrogen-bond donors (Lipinski definition) is 3. The summed E-state index contributed by atoms with van der Waals surface area (Å²) in [6.07, 6.45) is 8.86. The van der Waals surface area contributed by atoms with E-state index in [1.54, 1.807) is 5.01 Å². The predicted octanol–water partition coefficient (Wildman–Crippen LogP) is 3.60. The smallest absolute Gasteiger partial charge is 0.241 e. The number of nitrogens with zero attached hydrogens (tertiary/aromatic N) is 3. The van der Waals surface area contributed by atoms with E-state index in [1.165, 1.54) is 37.3 Å². The molecule has 6 nitrogen and oxygen atoms in total. The van der Waals surface area contributed by atoms with Crippen LogP contribution in [0, 0.1) is 0 Å². The first kappa shape index (κ1) is 18.6. The van der Waals surface area contributed by atoms with E-state index in [1.807, 2.05) is 30.3 Å². The second-order valence-corrected chi connectivity index (χ2v) is 6.29. The van der Waals surface area contributed by atoms with Gasteiger partial charge in [-0.05, 0) is 18.6 Å².